The summed E-state index contributed by atoms with van der Waals surface area (Å²) < 4.78 is 0. The first kappa shape index (κ1) is 5.57. The van der Waals surface area contributed by atoms with Crippen molar-refractivity contribution in [2.45, 2.75) is 6.92 Å². The number of hydrogen-bond donors (Lipinski definition) is 0. The average Bonchev–Trinajstić information content (AvgIpc) is 1.64. The number of pyridine rings is 1. The Kier molecular flexibility index (Phi) is 1.49. The van der Waals surface area contributed by atoms with Gasteiger partial charge in [0.25, 0.3) is 0 Å². The van der Waals surface area contributed by atoms with Crippen molar-refractivity contribution in [1.29, 1.82) is 0 Å². The molecule has 0 aliphatic carbocycles. The van der Waals surface area contributed by atoms with Crippen molar-refractivity contribution in [3.8, 4) is 0 Å². The van der Waals surface area contributed by atoms with E-state index in [-0.39, 0.29) is 0 Å². The minimum absolute atomic E-state index is 0.435. The van der Waals surface area contributed by atoms with Gasteiger partial charge in [0.1, 0.15) is 5.15 Å². The van der Waals surface area contributed by atoms with E-state index in [1.54, 1.807) is 6.20 Å². The van der Waals surface area contributed by atoms with Crippen LogP contribution in [0.3, 0.4) is 0 Å². The highest BCUT2D eigenvalue weighted by atomic mass is 35.5. The Labute approximate surface area is 53.3 Å². The Morgan fingerprint density at radius 1 is 1.75 bits per heavy atom. The summed E-state index contributed by atoms with van der Waals surface area (Å²) in [6, 6.07) is 4.68. The van der Waals surface area contributed by atoms with Crippen LogP contribution in [0.5, 0.6) is 0 Å². The molecule has 2 heteroatoms. The van der Waals surface area contributed by atoms with Crippen LogP contribution >= 0.6 is 11.6 Å². The number of rotatable bonds is 0. The average molecular weight is 127 g/mol. The van der Waals surface area contributed by atoms with Gasteiger partial charge in [-0.3, -0.25) is 0 Å². The van der Waals surface area contributed by atoms with E-state index in [0.29, 0.717) is 5.15 Å². The molecule has 0 aromatic carbocycles. The predicted octanol–water partition coefficient (Wildman–Crippen LogP) is 1.84. The van der Waals surface area contributed by atoms with Crippen molar-refractivity contribution in [2.24, 2.45) is 0 Å². The van der Waals surface area contributed by atoms with E-state index in [1.807, 2.05) is 13.0 Å². The number of halogens is 1. The lowest BCUT2D eigenvalue weighted by Crippen LogP contribution is -1.74. The van der Waals surface area contributed by atoms with Crippen LogP contribution in [-0.2, 0) is 0 Å². The van der Waals surface area contributed by atoms with E-state index >= 15 is 0 Å². The maximum atomic E-state index is 5.48. The number of aromatic nitrogens is 1. The van der Waals surface area contributed by atoms with Crippen molar-refractivity contribution in [1.82, 2.24) is 4.98 Å². The van der Waals surface area contributed by atoms with Crippen LogP contribution in [0.15, 0.2) is 12.3 Å². The van der Waals surface area contributed by atoms with Gasteiger partial charge in [-0.25, -0.2) is 4.98 Å². The molecule has 0 unspecified atom stereocenters. The molecule has 1 nitrogen and oxygen atoms in total. The van der Waals surface area contributed by atoms with Gasteiger partial charge in [-0.1, -0.05) is 11.6 Å². The molecule has 8 heavy (non-hydrogen) atoms. The monoisotopic (exact) mass is 126 g/mol. The molecule has 0 N–H and O–H groups in total. The van der Waals surface area contributed by atoms with Crippen LogP contribution in [0.2, 0.25) is 5.15 Å². The van der Waals surface area contributed by atoms with Gasteiger partial charge in [0, 0.05) is 12.3 Å². The van der Waals surface area contributed by atoms with Crippen molar-refractivity contribution in [3.05, 3.63) is 29.0 Å². The first-order chi connectivity index (χ1) is 3.79. The second-order valence-corrected chi connectivity index (χ2v) is 1.90. The summed E-state index contributed by atoms with van der Waals surface area (Å²) in [4.78, 5) is 3.75. The highest BCUT2D eigenvalue weighted by Crippen LogP contribution is 2.02. The summed E-state index contributed by atoms with van der Waals surface area (Å²) in [6.45, 7) is 1.92. The maximum absolute atomic E-state index is 5.48. The minimum Gasteiger partial charge on any atom is -0.244 e. The molecule has 0 bridgehead atoms. The zero-order chi connectivity index (χ0) is 5.98. The molecule has 1 rings (SSSR count). The van der Waals surface area contributed by atoms with Crippen LogP contribution in [0.4, 0.5) is 0 Å². The molecule has 0 atom stereocenters. The lowest BCUT2D eigenvalue weighted by atomic mass is 10.3. The standard InChI is InChI=1S/C6H5ClN/c1-5-2-3-8-6(7)4-5/h2-3H,1H3. The SMILES string of the molecule is Cc1[c]c(Cl)ncc1. The van der Waals surface area contributed by atoms with E-state index in [9.17, 15) is 0 Å². The normalized spacial score (nSPS) is 9.25. The van der Waals surface area contributed by atoms with Crippen molar-refractivity contribution >= 4 is 11.6 Å². The second-order valence-electron chi connectivity index (χ2n) is 1.54. The molecule has 41 valence electrons. The zero-order valence-electron chi connectivity index (χ0n) is 4.48. The first-order valence-electron chi connectivity index (χ1n) is 2.29. The van der Waals surface area contributed by atoms with Gasteiger partial charge in [0.15, 0.2) is 0 Å². The van der Waals surface area contributed by atoms with Crippen LogP contribution < -0.4 is 0 Å². The molecule has 0 saturated carbocycles. The predicted molar refractivity (Wildman–Crippen MR) is 32.8 cm³/mol. The number of aryl methyl sites for hydroxylation is 1. The molecule has 0 saturated heterocycles. The third-order valence-electron chi connectivity index (χ3n) is 0.813. The molecule has 1 radical (unpaired) electrons. The Balaban J connectivity index is 3.08. The van der Waals surface area contributed by atoms with E-state index < -0.39 is 0 Å². The third-order valence-corrected chi connectivity index (χ3v) is 1.00. The molecule has 0 spiro atoms. The molecule has 1 aromatic rings. The second kappa shape index (κ2) is 2.14. The topological polar surface area (TPSA) is 12.9 Å². The summed E-state index contributed by atoms with van der Waals surface area (Å²) in [6.07, 6.45) is 1.66. The maximum Gasteiger partial charge on any atom is 0.137 e. The van der Waals surface area contributed by atoms with Gasteiger partial charge >= 0.3 is 0 Å². The van der Waals surface area contributed by atoms with Crippen LogP contribution in [0, 0.1) is 13.0 Å². The van der Waals surface area contributed by atoms with Gasteiger partial charge < -0.3 is 0 Å². The fraction of sp³-hybridized carbons (Fsp3) is 0.167. The fourth-order valence-corrected chi connectivity index (χ4v) is 0.657. The Bertz CT molecular complexity index is 168. The fourth-order valence-electron chi connectivity index (χ4n) is 0.451. The van der Waals surface area contributed by atoms with Crippen molar-refractivity contribution < 1.29 is 0 Å². The molecule has 0 aliphatic rings. The van der Waals surface area contributed by atoms with Gasteiger partial charge in [0.2, 0.25) is 0 Å². The van der Waals surface area contributed by atoms with E-state index in [2.05, 4.69) is 11.1 Å². The molecule has 1 heterocycles. The Hall–Kier alpha value is -0.560. The molecule has 0 aliphatic heterocycles. The van der Waals surface area contributed by atoms with Crippen LogP contribution in [-0.4, -0.2) is 4.98 Å². The van der Waals surface area contributed by atoms with Crippen LogP contribution in [0.1, 0.15) is 5.56 Å². The number of hydrogen-bond acceptors (Lipinski definition) is 1. The Morgan fingerprint density at radius 2 is 2.50 bits per heavy atom. The minimum atomic E-state index is 0.435. The van der Waals surface area contributed by atoms with Gasteiger partial charge in [0.05, 0.1) is 0 Å². The highest BCUT2D eigenvalue weighted by molar-refractivity contribution is 6.29. The summed E-state index contributed by atoms with van der Waals surface area (Å²) in [5.41, 5.74) is 1.02. The highest BCUT2D eigenvalue weighted by Gasteiger charge is 1.85. The largest absolute Gasteiger partial charge is 0.244 e. The molecule has 0 fully saturated rings. The summed E-state index contributed by atoms with van der Waals surface area (Å²) in [5.74, 6) is 0. The van der Waals surface area contributed by atoms with Gasteiger partial charge in [-0.05, 0) is 18.6 Å². The zero-order valence-corrected chi connectivity index (χ0v) is 5.24. The molecule has 0 amide bonds. The third kappa shape index (κ3) is 1.20. The quantitative estimate of drug-likeness (QED) is 0.484. The summed E-state index contributed by atoms with van der Waals surface area (Å²) >= 11 is 5.48. The first-order valence-corrected chi connectivity index (χ1v) is 2.67. The molecule has 1 aromatic heterocycles. The summed E-state index contributed by atoms with van der Waals surface area (Å²) in [5, 5.41) is 0.435. The molecular weight excluding hydrogens is 122 g/mol. The molecular formula is C6H5ClN. The lowest BCUT2D eigenvalue weighted by molar-refractivity contribution is 1.28. The van der Waals surface area contributed by atoms with Gasteiger partial charge in [-0.2, -0.15) is 0 Å². The van der Waals surface area contributed by atoms with Gasteiger partial charge in [-0.15, -0.1) is 0 Å². The smallest absolute Gasteiger partial charge is 0.137 e. The number of nitrogens with zero attached hydrogens (tertiary/aromatic N) is 1. The summed E-state index contributed by atoms with van der Waals surface area (Å²) in [7, 11) is 0. The van der Waals surface area contributed by atoms with E-state index in [1.165, 1.54) is 0 Å². The van der Waals surface area contributed by atoms with E-state index in [4.69, 9.17) is 11.6 Å². The van der Waals surface area contributed by atoms with Crippen molar-refractivity contribution in [2.75, 3.05) is 0 Å². The van der Waals surface area contributed by atoms with Crippen LogP contribution in [0.25, 0.3) is 0 Å². The lowest BCUT2D eigenvalue weighted by Gasteiger charge is -1.86. The Morgan fingerprint density at radius 3 is 2.88 bits per heavy atom. The van der Waals surface area contributed by atoms with E-state index in [0.717, 1.165) is 5.56 Å². The van der Waals surface area contributed by atoms with Crippen molar-refractivity contribution in [3.63, 3.8) is 0 Å².